The molecule has 0 unspecified atom stereocenters. The van der Waals surface area contributed by atoms with Crippen LogP contribution >= 0.6 is 0 Å². The SMILES string of the molecule is Cc1ccc2c3ccc(C)cc3n(-c3cc(C#N)c(-c4c(C(F)(F)F)cccc4C(F)(F)F)cc3-n3c4cc(C)ccc4c4ccc(C)cc43)c2c1. The molecule has 8 aromatic rings. The van der Waals surface area contributed by atoms with Crippen LogP contribution in [0.5, 0.6) is 0 Å². The lowest BCUT2D eigenvalue weighted by Gasteiger charge is -2.23. The summed E-state index contributed by atoms with van der Waals surface area (Å²) in [4.78, 5) is 0. The van der Waals surface area contributed by atoms with Gasteiger partial charge >= 0.3 is 12.4 Å². The topological polar surface area (TPSA) is 33.6 Å². The molecule has 0 amide bonds. The predicted octanol–water partition coefficient (Wildman–Crippen LogP) is 12.7. The highest BCUT2D eigenvalue weighted by atomic mass is 19.4. The maximum atomic E-state index is 14.7. The zero-order chi connectivity index (χ0) is 36.9. The molecule has 0 radical (unpaired) electrons. The van der Waals surface area contributed by atoms with Crippen molar-refractivity contribution in [2.45, 2.75) is 40.0 Å². The van der Waals surface area contributed by atoms with Crippen LogP contribution in [0.2, 0.25) is 0 Å². The number of aromatic nitrogens is 2. The highest BCUT2D eigenvalue weighted by Crippen LogP contribution is 2.48. The summed E-state index contributed by atoms with van der Waals surface area (Å²) in [5, 5.41) is 14.1. The summed E-state index contributed by atoms with van der Waals surface area (Å²) in [7, 11) is 0. The lowest BCUT2D eigenvalue weighted by atomic mass is 9.89. The maximum Gasteiger partial charge on any atom is 0.417 e. The summed E-state index contributed by atoms with van der Waals surface area (Å²) < 4.78 is 92.0. The van der Waals surface area contributed by atoms with Gasteiger partial charge in [0.2, 0.25) is 0 Å². The smallest absolute Gasteiger partial charge is 0.307 e. The number of halogens is 6. The van der Waals surface area contributed by atoms with Gasteiger partial charge in [0.05, 0.1) is 56.2 Å². The van der Waals surface area contributed by atoms with E-state index in [2.05, 4.69) is 0 Å². The molecule has 258 valence electrons. The van der Waals surface area contributed by atoms with Gasteiger partial charge in [-0.25, -0.2) is 0 Å². The van der Waals surface area contributed by atoms with Crippen LogP contribution in [0.3, 0.4) is 0 Å². The van der Waals surface area contributed by atoms with Gasteiger partial charge in [0, 0.05) is 32.7 Å². The van der Waals surface area contributed by atoms with E-state index in [-0.39, 0.29) is 5.56 Å². The Hall–Kier alpha value is -6.01. The first-order valence-corrected chi connectivity index (χ1v) is 16.5. The summed E-state index contributed by atoms with van der Waals surface area (Å²) in [6.45, 7) is 7.74. The van der Waals surface area contributed by atoms with Crippen molar-refractivity contribution >= 4 is 43.6 Å². The molecule has 0 atom stereocenters. The predicted molar refractivity (Wildman–Crippen MR) is 194 cm³/mol. The van der Waals surface area contributed by atoms with Crippen molar-refractivity contribution < 1.29 is 26.3 Å². The molecular weight excluding hydrogens is 672 g/mol. The molecule has 3 nitrogen and oxygen atoms in total. The molecule has 52 heavy (non-hydrogen) atoms. The molecule has 0 saturated carbocycles. The van der Waals surface area contributed by atoms with Gasteiger partial charge in [0.25, 0.3) is 0 Å². The van der Waals surface area contributed by atoms with Gasteiger partial charge in [-0.05, 0) is 98.5 Å². The Kier molecular flexibility index (Phi) is 7.33. The van der Waals surface area contributed by atoms with Gasteiger partial charge in [-0.1, -0.05) is 54.6 Å². The molecule has 9 heteroatoms. The molecule has 0 saturated heterocycles. The molecule has 0 fully saturated rings. The number of hydrogen-bond donors (Lipinski definition) is 0. The molecule has 0 aliphatic carbocycles. The highest BCUT2D eigenvalue weighted by Gasteiger charge is 2.42. The summed E-state index contributed by atoms with van der Waals surface area (Å²) >= 11 is 0. The second kappa shape index (κ2) is 11.5. The monoisotopic (exact) mass is 701 g/mol. The Morgan fingerprint density at radius 3 is 1.15 bits per heavy atom. The van der Waals surface area contributed by atoms with Crippen molar-refractivity contribution in [3.8, 4) is 28.6 Å². The number of hydrogen-bond acceptors (Lipinski definition) is 1. The van der Waals surface area contributed by atoms with Crippen LogP contribution in [0.15, 0.2) is 103 Å². The molecule has 0 aliphatic heterocycles. The minimum absolute atomic E-state index is 0.317. The first kappa shape index (κ1) is 33.2. The average Bonchev–Trinajstić information content (AvgIpc) is 3.56. The Morgan fingerprint density at radius 1 is 0.481 bits per heavy atom. The second-order valence-electron chi connectivity index (χ2n) is 13.5. The zero-order valence-electron chi connectivity index (χ0n) is 28.4. The van der Waals surface area contributed by atoms with E-state index in [1.54, 1.807) is 0 Å². The third kappa shape index (κ3) is 5.12. The van der Waals surface area contributed by atoms with Crippen LogP contribution in [-0.4, -0.2) is 9.13 Å². The van der Waals surface area contributed by atoms with Gasteiger partial charge in [0.1, 0.15) is 0 Å². The first-order chi connectivity index (χ1) is 24.7. The minimum Gasteiger partial charge on any atom is -0.307 e. The Morgan fingerprint density at radius 2 is 0.827 bits per heavy atom. The van der Waals surface area contributed by atoms with Gasteiger partial charge in [-0.2, -0.15) is 31.6 Å². The van der Waals surface area contributed by atoms with Crippen molar-refractivity contribution in [3.63, 3.8) is 0 Å². The van der Waals surface area contributed by atoms with Gasteiger partial charge in [-0.3, -0.25) is 0 Å². The molecule has 2 aromatic heterocycles. The van der Waals surface area contributed by atoms with Crippen molar-refractivity contribution in [1.82, 2.24) is 9.13 Å². The van der Waals surface area contributed by atoms with Crippen LogP contribution in [0.25, 0.3) is 66.1 Å². The number of fused-ring (bicyclic) bond motifs is 6. The van der Waals surface area contributed by atoms with Crippen LogP contribution in [0.1, 0.15) is 38.9 Å². The summed E-state index contributed by atoms with van der Waals surface area (Å²) in [5.41, 5.74) is 2.60. The molecule has 0 N–H and O–H groups in total. The lowest BCUT2D eigenvalue weighted by molar-refractivity contribution is -0.142. The normalized spacial score (nSPS) is 12.4. The van der Waals surface area contributed by atoms with Crippen LogP contribution in [-0.2, 0) is 12.4 Å². The van der Waals surface area contributed by atoms with Crippen LogP contribution < -0.4 is 0 Å². The van der Waals surface area contributed by atoms with Crippen LogP contribution in [0.4, 0.5) is 26.3 Å². The first-order valence-electron chi connectivity index (χ1n) is 16.5. The number of nitriles is 1. The third-order valence-corrected chi connectivity index (χ3v) is 9.82. The fourth-order valence-electron chi connectivity index (χ4n) is 7.55. The fourth-order valence-corrected chi connectivity index (χ4v) is 7.55. The zero-order valence-corrected chi connectivity index (χ0v) is 28.4. The van der Waals surface area contributed by atoms with Crippen molar-refractivity contribution in [2.24, 2.45) is 0 Å². The van der Waals surface area contributed by atoms with E-state index >= 15 is 0 Å². The Bertz CT molecular complexity index is 2670. The van der Waals surface area contributed by atoms with E-state index in [0.29, 0.717) is 34.5 Å². The third-order valence-electron chi connectivity index (χ3n) is 9.82. The van der Waals surface area contributed by atoms with Gasteiger partial charge in [0.15, 0.2) is 0 Å². The molecule has 0 aliphatic rings. The quantitative estimate of drug-likeness (QED) is 0.169. The maximum absolute atomic E-state index is 14.7. The lowest BCUT2D eigenvalue weighted by Crippen LogP contribution is -2.15. The average molecular weight is 702 g/mol. The number of aryl methyl sites for hydroxylation is 4. The molecule has 2 heterocycles. The van der Waals surface area contributed by atoms with E-state index in [4.69, 9.17) is 0 Å². The summed E-state index contributed by atoms with van der Waals surface area (Å²) in [6, 6.07) is 30.5. The van der Waals surface area contributed by atoms with Crippen molar-refractivity contribution in [1.29, 1.82) is 5.26 Å². The molecule has 0 spiro atoms. The number of benzene rings is 6. The molecule has 0 bridgehead atoms. The van der Waals surface area contributed by atoms with E-state index in [9.17, 15) is 31.6 Å². The van der Waals surface area contributed by atoms with E-state index in [0.717, 1.165) is 60.9 Å². The Labute approximate surface area is 294 Å². The van der Waals surface area contributed by atoms with E-state index < -0.39 is 34.6 Å². The molecule has 8 rings (SSSR count). The summed E-state index contributed by atoms with van der Waals surface area (Å²) in [5.74, 6) is 0. The minimum atomic E-state index is -5.15. The number of alkyl halides is 6. The largest absolute Gasteiger partial charge is 0.417 e. The van der Waals surface area contributed by atoms with Gasteiger partial charge in [-0.15, -0.1) is 0 Å². The number of rotatable bonds is 3. The van der Waals surface area contributed by atoms with Crippen molar-refractivity contribution in [3.05, 3.63) is 142 Å². The standard InChI is InChI=1S/C43H29F6N3/c1-23-8-12-28-29-13-9-24(2)17-36(29)51(35(28)16-23)39-20-27(22-50)32(41-33(42(44,45)46)6-5-7-34(41)43(47,48)49)21-40(39)52-37-18-25(3)10-14-30(37)31-15-11-26(4)19-38(31)52/h5-21H,1-4H3. The van der Waals surface area contributed by atoms with Gasteiger partial charge < -0.3 is 9.13 Å². The summed E-state index contributed by atoms with van der Waals surface area (Å²) in [6.07, 6.45) is -10.3. The molecule has 6 aromatic carbocycles. The second-order valence-corrected chi connectivity index (χ2v) is 13.5. The fraction of sp³-hybridized carbons (Fsp3) is 0.140. The van der Waals surface area contributed by atoms with Crippen molar-refractivity contribution in [2.75, 3.05) is 0 Å². The molecular formula is C43H29F6N3. The van der Waals surface area contributed by atoms with E-state index in [1.807, 2.05) is 116 Å². The highest BCUT2D eigenvalue weighted by molar-refractivity contribution is 6.12. The van der Waals surface area contributed by atoms with Crippen LogP contribution in [0, 0.1) is 39.0 Å². The Balaban J connectivity index is 1.64. The number of nitrogens with zero attached hydrogens (tertiary/aromatic N) is 3. The van der Waals surface area contributed by atoms with E-state index in [1.165, 1.54) is 12.1 Å².